The van der Waals surface area contributed by atoms with Gasteiger partial charge in [0, 0.05) is 5.57 Å². The number of nitrogens with one attached hydrogen (secondary N) is 2. The lowest BCUT2D eigenvalue weighted by molar-refractivity contribution is -0.138. The Hall–Kier alpha value is -2.68. The second kappa shape index (κ2) is 11.8. The molecular formula is C15H22N2O7. The third-order valence-corrected chi connectivity index (χ3v) is 2.38. The monoisotopic (exact) mass is 342 g/mol. The average Bonchev–Trinajstić information content (AvgIpc) is 2.52. The minimum atomic E-state index is -0.792. The lowest BCUT2D eigenvalue weighted by Crippen LogP contribution is -2.33. The molecule has 0 aliphatic carbocycles. The van der Waals surface area contributed by atoms with Gasteiger partial charge in [0.05, 0.1) is 13.1 Å². The molecule has 0 aliphatic heterocycles. The van der Waals surface area contributed by atoms with Crippen molar-refractivity contribution in [3.63, 3.8) is 0 Å². The smallest absolute Gasteiger partial charge is 0.409 e. The number of ether oxygens (including phenoxy) is 3. The number of ketones is 1. The van der Waals surface area contributed by atoms with Gasteiger partial charge in [-0.2, -0.15) is 0 Å². The van der Waals surface area contributed by atoms with Gasteiger partial charge in [0.15, 0.2) is 12.6 Å². The van der Waals surface area contributed by atoms with Crippen LogP contribution in [0.3, 0.4) is 0 Å². The van der Waals surface area contributed by atoms with Crippen LogP contribution in [-0.2, 0) is 28.6 Å². The standard InChI is InChI=1S/C15H22N2O7/c1-10(2)12(18)7-17-13(19)8-22-9-24-15(21)16-5-6-23-14(20)11(3)4/h1,3,5-9H2,2,4H3,(H,16,21)(H,17,19). The van der Waals surface area contributed by atoms with E-state index in [1.54, 1.807) is 0 Å². The van der Waals surface area contributed by atoms with E-state index in [2.05, 4.69) is 28.5 Å². The molecule has 2 N–H and O–H groups in total. The molecule has 24 heavy (non-hydrogen) atoms. The zero-order valence-corrected chi connectivity index (χ0v) is 13.8. The van der Waals surface area contributed by atoms with E-state index >= 15 is 0 Å². The summed E-state index contributed by atoms with van der Waals surface area (Å²) in [6.07, 6.45) is -0.792. The molecule has 0 spiro atoms. The van der Waals surface area contributed by atoms with Crippen molar-refractivity contribution in [2.45, 2.75) is 13.8 Å². The van der Waals surface area contributed by atoms with Gasteiger partial charge in [-0.1, -0.05) is 13.2 Å². The number of hydrogen-bond donors (Lipinski definition) is 2. The maximum atomic E-state index is 11.3. The van der Waals surface area contributed by atoms with Gasteiger partial charge in [-0.05, 0) is 19.4 Å². The van der Waals surface area contributed by atoms with E-state index in [1.807, 2.05) is 0 Å². The fourth-order valence-electron chi connectivity index (χ4n) is 1.08. The Kier molecular flexibility index (Phi) is 10.5. The summed E-state index contributed by atoms with van der Waals surface area (Å²) in [6, 6.07) is 0. The van der Waals surface area contributed by atoms with Crippen molar-refractivity contribution >= 4 is 23.8 Å². The Morgan fingerprint density at radius 2 is 1.62 bits per heavy atom. The number of esters is 1. The quantitative estimate of drug-likeness (QED) is 0.236. The number of Topliss-reactive ketones (excluding diaryl/α,β-unsaturated/α-hetero) is 1. The molecule has 0 aromatic heterocycles. The van der Waals surface area contributed by atoms with Crippen LogP contribution < -0.4 is 10.6 Å². The number of carbonyl (C=O) groups is 4. The van der Waals surface area contributed by atoms with Crippen molar-refractivity contribution in [3.8, 4) is 0 Å². The van der Waals surface area contributed by atoms with E-state index in [4.69, 9.17) is 9.47 Å². The highest BCUT2D eigenvalue weighted by Crippen LogP contribution is 1.91. The Labute approximate surface area is 140 Å². The molecule has 0 aromatic rings. The maximum Gasteiger partial charge on any atom is 0.409 e. The molecule has 0 aromatic carbocycles. The van der Waals surface area contributed by atoms with Crippen molar-refractivity contribution < 1.29 is 33.4 Å². The molecule has 0 atom stereocenters. The molecule has 2 amide bonds. The highest BCUT2D eigenvalue weighted by molar-refractivity contribution is 5.97. The molecular weight excluding hydrogens is 320 g/mol. The lowest BCUT2D eigenvalue weighted by atomic mass is 10.2. The van der Waals surface area contributed by atoms with Crippen molar-refractivity contribution in [3.05, 3.63) is 24.3 Å². The molecule has 9 nitrogen and oxygen atoms in total. The number of amides is 2. The van der Waals surface area contributed by atoms with Gasteiger partial charge in [-0.3, -0.25) is 9.59 Å². The SMILES string of the molecule is C=C(C)C(=O)CNC(=O)COCOC(=O)NCCOC(=O)C(=C)C. The zero-order chi connectivity index (χ0) is 18.5. The highest BCUT2D eigenvalue weighted by atomic mass is 16.7. The molecule has 134 valence electrons. The summed E-state index contributed by atoms with van der Waals surface area (Å²) in [5.41, 5.74) is 0.597. The molecule has 0 fully saturated rings. The third-order valence-electron chi connectivity index (χ3n) is 2.38. The molecule has 0 bridgehead atoms. The maximum absolute atomic E-state index is 11.3. The first-order chi connectivity index (χ1) is 11.2. The van der Waals surface area contributed by atoms with Gasteiger partial charge < -0.3 is 24.8 Å². The largest absolute Gasteiger partial charge is 0.460 e. The van der Waals surface area contributed by atoms with Crippen LogP contribution in [0.15, 0.2) is 24.3 Å². The fourth-order valence-corrected chi connectivity index (χ4v) is 1.08. The Balaban J connectivity index is 3.63. The van der Waals surface area contributed by atoms with E-state index in [9.17, 15) is 19.2 Å². The third kappa shape index (κ3) is 11.0. The van der Waals surface area contributed by atoms with Crippen molar-refractivity contribution in [2.75, 3.05) is 33.1 Å². The molecule has 0 saturated carbocycles. The van der Waals surface area contributed by atoms with Crippen LogP contribution in [0.1, 0.15) is 13.8 Å². The minimum absolute atomic E-state index is 0.0270. The van der Waals surface area contributed by atoms with Crippen molar-refractivity contribution in [1.29, 1.82) is 0 Å². The summed E-state index contributed by atoms with van der Waals surface area (Å²) in [4.78, 5) is 44.8. The minimum Gasteiger partial charge on any atom is -0.460 e. The van der Waals surface area contributed by atoms with Crippen LogP contribution in [-0.4, -0.2) is 56.8 Å². The molecule has 0 saturated heterocycles. The van der Waals surface area contributed by atoms with Gasteiger partial charge in [-0.25, -0.2) is 9.59 Å². The van der Waals surface area contributed by atoms with Gasteiger partial charge in [0.2, 0.25) is 5.91 Å². The molecule has 0 rings (SSSR count). The van der Waals surface area contributed by atoms with Gasteiger partial charge in [-0.15, -0.1) is 0 Å². The van der Waals surface area contributed by atoms with Crippen molar-refractivity contribution in [1.82, 2.24) is 10.6 Å². The number of rotatable bonds is 11. The predicted molar refractivity (Wildman–Crippen MR) is 83.9 cm³/mol. The van der Waals surface area contributed by atoms with Crippen molar-refractivity contribution in [2.24, 2.45) is 0 Å². The van der Waals surface area contributed by atoms with E-state index in [0.717, 1.165) is 0 Å². The number of hydrogen-bond acceptors (Lipinski definition) is 7. The molecule has 0 radical (unpaired) electrons. The Morgan fingerprint density at radius 3 is 2.21 bits per heavy atom. The normalized spacial score (nSPS) is 9.58. The van der Waals surface area contributed by atoms with Gasteiger partial charge in [0.25, 0.3) is 0 Å². The van der Waals surface area contributed by atoms with E-state index in [0.29, 0.717) is 5.57 Å². The number of alkyl carbamates (subject to hydrolysis) is 1. The molecule has 0 aliphatic rings. The Bertz CT molecular complexity index is 514. The second-order valence-electron chi connectivity index (χ2n) is 4.72. The summed E-state index contributed by atoms with van der Waals surface area (Å²) in [5, 5.41) is 4.64. The summed E-state index contributed by atoms with van der Waals surface area (Å²) in [6.45, 7) is 8.95. The Morgan fingerprint density at radius 1 is 0.958 bits per heavy atom. The van der Waals surface area contributed by atoms with Gasteiger partial charge >= 0.3 is 12.1 Å². The molecule has 9 heteroatoms. The first-order valence-corrected chi connectivity index (χ1v) is 7.00. The number of carbonyl (C=O) groups excluding carboxylic acids is 4. The molecule has 0 heterocycles. The first kappa shape index (κ1) is 21.3. The summed E-state index contributed by atoms with van der Waals surface area (Å²) < 4.78 is 14.2. The van der Waals surface area contributed by atoms with Gasteiger partial charge in [0.1, 0.15) is 13.2 Å². The molecule has 0 unspecified atom stereocenters. The zero-order valence-electron chi connectivity index (χ0n) is 13.8. The van der Waals surface area contributed by atoms with Crippen LogP contribution in [0, 0.1) is 0 Å². The highest BCUT2D eigenvalue weighted by Gasteiger charge is 2.07. The van der Waals surface area contributed by atoms with Crippen LogP contribution in [0.25, 0.3) is 0 Å². The summed E-state index contributed by atoms with van der Waals surface area (Å²) in [5.74, 6) is -1.36. The fraction of sp³-hybridized carbons (Fsp3) is 0.467. The van der Waals surface area contributed by atoms with Crippen LogP contribution in [0.5, 0.6) is 0 Å². The van der Waals surface area contributed by atoms with E-state index < -0.39 is 24.8 Å². The summed E-state index contributed by atoms with van der Waals surface area (Å²) in [7, 11) is 0. The topological polar surface area (TPSA) is 120 Å². The van der Waals surface area contributed by atoms with Crippen LogP contribution in [0.2, 0.25) is 0 Å². The average molecular weight is 342 g/mol. The van der Waals surface area contributed by atoms with E-state index in [-0.39, 0.29) is 37.7 Å². The second-order valence-corrected chi connectivity index (χ2v) is 4.72. The van der Waals surface area contributed by atoms with Crippen LogP contribution in [0.4, 0.5) is 4.79 Å². The first-order valence-electron chi connectivity index (χ1n) is 7.00. The summed E-state index contributed by atoms with van der Waals surface area (Å²) >= 11 is 0. The lowest BCUT2D eigenvalue weighted by Gasteiger charge is -2.08. The predicted octanol–water partition coefficient (Wildman–Crippen LogP) is 0.0674. The van der Waals surface area contributed by atoms with Crippen LogP contribution >= 0.6 is 0 Å². The van der Waals surface area contributed by atoms with E-state index in [1.165, 1.54) is 13.8 Å².